The van der Waals surface area contributed by atoms with Crippen molar-refractivity contribution in [3.8, 4) is 44.5 Å². The fourth-order valence-corrected chi connectivity index (χ4v) is 9.85. The van der Waals surface area contributed by atoms with E-state index in [-0.39, 0.29) is 0 Å². The molecule has 0 aliphatic rings. The first-order chi connectivity index (χ1) is 28.3. The Balaban J connectivity index is 1.15. The molecule has 5 nitrogen and oxygen atoms in total. The van der Waals surface area contributed by atoms with Crippen LogP contribution in [0.2, 0.25) is 0 Å². The van der Waals surface area contributed by atoms with Gasteiger partial charge in [-0.2, -0.15) is 0 Å². The van der Waals surface area contributed by atoms with Crippen LogP contribution in [0.1, 0.15) is 0 Å². The van der Waals surface area contributed by atoms with Crippen molar-refractivity contribution in [1.82, 2.24) is 24.1 Å². The Kier molecular flexibility index (Phi) is 7.03. The quantitative estimate of drug-likeness (QED) is 0.176. The molecule has 0 atom stereocenters. The first-order valence-electron chi connectivity index (χ1n) is 19.1. The first kappa shape index (κ1) is 31.9. The number of hydrogen-bond donors (Lipinski definition) is 0. The van der Waals surface area contributed by atoms with Crippen LogP contribution in [0.4, 0.5) is 0 Å². The molecular weight excluding hydrogens is 715 g/mol. The summed E-state index contributed by atoms with van der Waals surface area (Å²) in [6, 6.07) is 62.8. The number of benzene rings is 7. The van der Waals surface area contributed by atoms with Gasteiger partial charge >= 0.3 is 0 Å². The highest BCUT2D eigenvalue weighted by atomic mass is 32.1. The summed E-state index contributed by atoms with van der Waals surface area (Å²) in [5, 5.41) is 7.10. The van der Waals surface area contributed by atoms with Crippen LogP contribution in [0.5, 0.6) is 0 Å². The van der Waals surface area contributed by atoms with Gasteiger partial charge in [-0.3, -0.25) is 9.55 Å². The monoisotopic (exact) mass is 745 g/mol. The maximum atomic E-state index is 5.47. The van der Waals surface area contributed by atoms with E-state index >= 15 is 0 Å². The zero-order valence-electron chi connectivity index (χ0n) is 30.5. The van der Waals surface area contributed by atoms with Gasteiger partial charge in [-0.1, -0.05) is 133 Å². The minimum Gasteiger partial charge on any atom is -0.309 e. The Hall–Kier alpha value is -7.41. The van der Waals surface area contributed by atoms with Gasteiger partial charge < -0.3 is 4.57 Å². The van der Waals surface area contributed by atoms with E-state index in [1.165, 1.54) is 37.7 Å². The van der Waals surface area contributed by atoms with Crippen molar-refractivity contribution >= 4 is 75.9 Å². The number of hydrogen-bond acceptors (Lipinski definition) is 4. The van der Waals surface area contributed by atoms with Gasteiger partial charge in [0.2, 0.25) is 5.95 Å². The average molecular weight is 746 g/mol. The second-order valence-electron chi connectivity index (χ2n) is 14.4. The lowest BCUT2D eigenvalue weighted by Crippen LogP contribution is -2.03. The number of rotatable bonds is 5. The molecule has 0 spiro atoms. The van der Waals surface area contributed by atoms with Crippen LogP contribution in [-0.2, 0) is 0 Å². The molecular formula is C51H31N5S. The third-order valence-corrected chi connectivity index (χ3v) is 12.4. The predicted molar refractivity (Wildman–Crippen MR) is 238 cm³/mol. The number of aromatic nitrogens is 5. The summed E-state index contributed by atoms with van der Waals surface area (Å²) in [6.07, 6.45) is 3.72. The molecule has 5 aromatic heterocycles. The van der Waals surface area contributed by atoms with E-state index in [0.29, 0.717) is 5.95 Å². The molecule has 12 rings (SSSR count). The number of para-hydroxylation sites is 1. The predicted octanol–water partition coefficient (Wildman–Crippen LogP) is 13.4. The number of nitrogens with zero attached hydrogens (tertiary/aromatic N) is 5. The Morgan fingerprint density at radius 2 is 1.18 bits per heavy atom. The van der Waals surface area contributed by atoms with Gasteiger partial charge in [0.25, 0.3) is 0 Å². The van der Waals surface area contributed by atoms with E-state index in [1.807, 2.05) is 12.4 Å². The zero-order valence-corrected chi connectivity index (χ0v) is 31.4. The molecule has 6 heteroatoms. The van der Waals surface area contributed by atoms with Gasteiger partial charge in [0, 0.05) is 55.5 Å². The Labute approximate surface area is 331 Å². The lowest BCUT2D eigenvalue weighted by Gasteiger charge is -2.11. The summed E-state index contributed by atoms with van der Waals surface area (Å²) >= 11 is 1.75. The molecule has 57 heavy (non-hydrogen) atoms. The first-order valence-corrected chi connectivity index (χ1v) is 19.9. The van der Waals surface area contributed by atoms with Crippen LogP contribution in [0.3, 0.4) is 0 Å². The third-order valence-electron chi connectivity index (χ3n) is 11.2. The van der Waals surface area contributed by atoms with Crippen molar-refractivity contribution in [3.05, 3.63) is 188 Å². The molecule has 12 aromatic rings. The zero-order chi connectivity index (χ0) is 37.5. The summed E-state index contributed by atoms with van der Waals surface area (Å²) in [4.78, 5) is 16.3. The molecule has 0 radical (unpaired) electrons. The summed E-state index contributed by atoms with van der Waals surface area (Å²) in [5.41, 5.74) is 12.1. The fraction of sp³-hybridized carbons (Fsp3) is 0. The van der Waals surface area contributed by atoms with Crippen molar-refractivity contribution in [2.75, 3.05) is 0 Å². The highest BCUT2D eigenvalue weighted by Crippen LogP contribution is 2.43. The van der Waals surface area contributed by atoms with E-state index in [0.717, 1.165) is 65.4 Å². The summed E-state index contributed by atoms with van der Waals surface area (Å²) < 4.78 is 5.71. The molecule has 0 bridgehead atoms. The highest BCUT2D eigenvalue weighted by molar-refractivity contribution is 7.22. The van der Waals surface area contributed by atoms with Crippen LogP contribution >= 0.6 is 11.3 Å². The Morgan fingerprint density at radius 1 is 0.456 bits per heavy atom. The standard InChI is InChI=1S/C51H31N5S/c1-3-13-33(14-4-1)46-31-42-50(57-46)48(34-15-5-2-6-16-34)54-51(53-42)56-44-25-23-35(30-41(44)39-24-22-32-12-7-8-17-38(32)49(39)56)37-19-11-21-45-47(37)40-18-9-10-20-43(40)55(45)36-26-28-52-29-27-36/h1-31H. The van der Waals surface area contributed by atoms with E-state index in [4.69, 9.17) is 9.97 Å². The van der Waals surface area contributed by atoms with Gasteiger partial charge in [0.15, 0.2) is 0 Å². The summed E-state index contributed by atoms with van der Waals surface area (Å²) in [7, 11) is 0. The normalized spacial score (nSPS) is 11.9. The molecule has 0 saturated carbocycles. The van der Waals surface area contributed by atoms with Crippen LogP contribution in [-0.4, -0.2) is 24.1 Å². The lowest BCUT2D eigenvalue weighted by molar-refractivity contribution is 1.02. The van der Waals surface area contributed by atoms with Crippen molar-refractivity contribution in [2.24, 2.45) is 0 Å². The molecule has 0 fully saturated rings. The highest BCUT2D eigenvalue weighted by Gasteiger charge is 2.22. The van der Waals surface area contributed by atoms with Crippen LogP contribution in [0.15, 0.2) is 188 Å². The summed E-state index contributed by atoms with van der Waals surface area (Å²) in [5.74, 6) is 0.658. The fourth-order valence-electron chi connectivity index (χ4n) is 8.74. The van der Waals surface area contributed by atoms with Gasteiger partial charge in [0.1, 0.15) is 0 Å². The van der Waals surface area contributed by atoms with Gasteiger partial charge in [0.05, 0.1) is 38.0 Å². The summed E-state index contributed by atoms with van der Waals surface area (Å²) in [6.45, 7) is 0. The smallest absolute Gasteiger partial charge is 0.235 e. The SMILES string of the molecule is c1ccc(-c2cc3nc(-n4c5ccc(-c6cccc7c6c6ccccc6n7-c6ccncc6)cc5c5ccc6ccccc6c54)nc(-c4ccccc4)c3s2)cc1. The molecule has 7 aromatic carbocycles. The number of thiophene rings is 1. The van der Waals surface area contributed by atoms with Gasteiger partial charge in [-0.05, 0) is 64.5 Å². The van der Waals surface area contributed by atoms with Crippen LogP contribution in [0.25, 0.3) is 109 Å². The molecule has 0 unspecified atom stereocenters. The molecule has 0 aliphatic heterocycles. The topological polar surface area (TPSA) is 48.5 Å². The van der Waals surface area contributed by atoms with Crippen molar-refractivity contribution in [1.29, 1.82) is 0 Å². The van der Waals surface area contributed by atoms with Crippen LogP contribution in [0, 0.1) is 0 Å². The van der Waals surface area contributed by atoms with Gasteiger partial charge in [-0.15, -0.1) is 11.3 Å². The lowest BCUT2D eigenvalue weighted by atomic mass is 9.97. The minimum atomic E-state index is 0.658. The van der Waals surface area contributed by atoms with Crippen molar-refractivity contribution in [2.45, 2.75) is 0 Å². The number of pyridine rings is 1. The largest absolute Gasteiger partial charge is 0.309 e. The second-order valence-corrected chi connectivity index (χ2v) is 15.5. The average Bonchev–Trinajstić information content (AvgIpc) is 3.97. The number of fused-ring (bicyclic) bond motifs is 9. The molecule has 0 N–H and O–H groups in total. The third kappa shape index (κ3) is 4.91. The van der Waals surface area contributed by atoms with Crippen molar-refractivity contribution in [3.63, 3.8) is 0 Å². The minimum absolute atomic E-state index is 0.658. The van der Waals surface area contributed by atoms with E-state index < -0.39 is 0 Å². The second kappa shape index (κ2) is 12.6. The van der Waals surface area contributed by atoms with E-state index in [9.17, 15) is 0 Å². The molecule has 0 saturated heterocycles. The molecule has 0 aliphatic carbocycles. The maximum absolute atomic E-state index is 5.47. The Bertz CT molecular complexity index is 3510. The van der Waals surface area contributed by atoms with E-state index in [1.54, 1.807) is 11.3 Å². The van der Waals surface area contributed by atoms with E-state index in [2.05, 4.69) is 190 Å². The molecule has 5 heterocycles. The molecule has 0 amide bonds. The van der Waals surface area contributed by atoms with Gasteiger partial charge in [-0.25, -0.2) is 9.97 Å². The maximum Gasteiger partial charge on any atom is 0.235 e. The van der Waals surface area contributed by atoms with Crippen LogP contribution < -0.4 is 0 Å². The van der Waals surface area contributed by atoms with Crippen molar-refractivity contribution < 1.29 is 0 Å². The Morgan fingerprint density at radius 3 is 2.02 bits per heavy atom. The molecule has 266 valence electrons.